The number of aldehydes is 2. The van der Waals surface area contributed by atoms with Crippen molar-refractivity contribution in [3.05, 3.63) is 29.3 Å². The number of primary amides is 1. The van der Waals surface area contributed by atoms with E-state index >= 15 is 0 Å². The summed E-state index contributed by atoms with van der Waals surface area (Å²) < 4.78 is 0. The number of hydroxylamine groups is 1. The molecule has 0 fully saturated rings. The molecule has 136 valence electrons. The fraction of sp³-hybridized carbons (Fsp3) is 0.286. The van der Waals surface area contributed by atoms with Gasteiger partial charge in [0.05, 0.1) is 12.3 Å². The second kappa shape index (κ2) is 11.6. The van der Waals surface area contributed by atoms with Crippen LogP contribution >= 0.6 is 0 Å². The molecular weight excluding hydrogens is 338 g/mol. The summed E-state index contributed by atoms with van der Waals surface area (Å²) in [6.07, 6.45) is 1.53. The van der Waals surface area contributed by atoms with Crippen molar-refractivity contribution in [2.24, 2.45) is 5.73 Å². The van der Waals surface area contributed by atoms with Gasteiger partial charge in [-0.3, -0.25) is 24.1 Å². The van der Waals surface area contributed by atoms with Gasteiger partial charge in [-0.05, 0) is 18.1 Å². The summed E-state index contributed by atoms with van der Waals surface area (Å²) in [5.41, 5.74) is 10.7. The Kier molecular flexibility index (Phi) is 9.40. The van der Waals surface area contributed by atoms with Gasteiger partial charge in [-0.15, -0.1) is 0 Å². The third-order valence-electron chi connectivity index (χ3n) is 2.95. The first-order valence-corrected chi connectivity index (χ1v) is 7.00. The number of amides is 1. The van der Waals surface area contributed by atoms with E-state index in [0.717, 1.165) is 0 Å². The molecule has 1 atom stereocenters. The number of anilines is 1. The molecule has 1 amide bonds. The highest BCUT2D eigenvalue weighted by Crippen LogP contribution is 2.19. The number of rotatable bonds is 14. The predicted molar refractivity (Wildman–Crippen MR) is 81.0 cm³/mol. The summed E-state index contributed by atoms with van der Waals surface area (Å²) in [6.45, 7) is -0.0851. The van der Waals surface area contributed by atoms with E-state index in [9.17, 15) is 19.2 Å². The summed E-state index contributed by atoms with van der Waals surface area (Å²) in [5, 5.41) is 3.98. The van der Waals surface area contributed by atoms with Crippen molar-refractivity contribution in [3.63, 3.8) is 0 Å². The van der Waals surface area contributed by atoms with Crippen LogP contribution in [0.5, 0.6) is 0 Å². The molecule has 4 N–H and O–H groups in total. The first kappa shape index (κ1) is 20.2. The zero-order chi connectivity index (χ0) is 18.5. The van der Waals surface area contributed by atoms with Crippen LogP contribution in [0.25, 0.3) is 0 Å². The summed E-state index contributed by atoms with van der Waals surface area (Å²) in [7, 11) is 0. The molecule has 0 aromatic heterocycles. The minimum Gasteiger partial charge on any atom is -0.368 e. The molecule has 0 bridgehead atoms. The molecule has 1 aromatic carbocycles. The lowest BCUT2D eigenvalue weighted by atomic mass is 10.1. The summed E-state index contributed by atoms with van der Waals surface area (Å²) in [4.78, 5) is 56.1. The fourth-order valence-corrected chi connectivity index (χ4v) is 1.78. The van der Waals surface area contributed by atoms with Gasteiger partial charge in [-0.2, -0.15) is 5.48 Å². The Labute approximate surface area is 142 Å². The van der Waals surface area contributed by atoms with Gasteiger partial charge in [-0.1, -0.05) is 17.1 Å². The highest BCUT2D eigenvalue weighted by atomic mass is 17.5. The average molecular weight is 355 g/mol. The quantitative estimate of drug-likeness (QED) is 0.175. The molecule has 0 aliphatic carbocycles. The van der Waals surface area contributed by atoms with Crippen LogP contribution in [0, 0.1) is 0 Å². The van der Waals surface area contributed by atoms with Gasteiger partial charge < -0.3 is 10.5 Å². The topological polar surface area (TPSA) is 155 Å². The SMILES string of the molecule is NC(=O)C(CCC=O)NOCc1cccc(NOOOC=O)c1C=O. The summed E-state index contributed by atoms with van der Waals surface area (Å²) >= 11 is 0. The number of nitrogens with two attached hydrogens (primary N) is 1. The van der Waals surface area contributed by atoms with E-state index in [2.05, 4.69) is 25.9 Å². The molecule has 0 spiro atoms. The molecule has 0 aliphatic heterocycles. The minimum atomic E-state index is -0.844. The largest absolute Gasteiger partial charge is 0.368 e. The van der Waals surface area contributed by atoms with Crippen molar-refractivity contribution in [1.29, 1.82) is 0 Å². The molecule has 0 aliphatic rings. The van der Waals surface area contributed by atoms with Crippen molar-refractivity contribution in [3.8, 4) is 0 Å². The number of benzene rings is 1. The monoisotopic (exact) mass is 355 g/mol. The molecule has 1 aromatic rings. The molecule has 11 heteroatoms. The van der Waals surface area contributed by atoms with Crippen LogP contribution in [0.4, 0.5) is 5.69 Å². The molecule has 0 saturated carbocycles. The van der Waals surface area contributed by atoms with E-state index in [1.165, 1.54) is 6.07 Å². The number of carbonyl (C=O) groups excluding carboxylic acids is 4. The minimum absolute atomic E-state index is 0.00197. The lowest BCUT2D eigenvalue weighted by molar-refractivity contribution is -0.470. The third kappa shape index (κ3) is 7.05. The molecule has 1 unspecified atom stereocenters. The lowest BCUT2D eigenvalue weighted by Gasteiger charge is -2.15. The Morgan fingerprint density at radius 2 is 2.08 bits per heavy atom. The van der Waals surface area contributed by atoms with Crippen LogP contribution in [-0.4, -0.2) is 31.0 Å². The fourth-order valence-electron chi connectivity index (χ4n) is 1.78. The molecule has 1 rings (SSSR count). The number of hydrogen-bond donors (Lipinski definition) is 3. The number of nitrogens with one attached hydrogen (secondary N) is 2. The maximum absolute atomic E-state index is 11.3. The van der Waals surface area contributed by atoms with Crippen molar-refractivity contribution in [2.75, 3.05) is 5.48 Å². The molecular formula is C14H17N3O8. The highest BCUT2D eigenvalue weighted by molar-refractivity contribution is 5.86. The second-order valence-electron chi connectivity index (χ2n) is 4.55. The lowest BCUT2D eigenvalue weighted by Crippen LogP contribution is -2.41. The zero-order valence-electron chi connectivity index (χ0n) is 13.0. The number of hydrogen-bond acceptors (Lipinski definition) is 10. The Balaban J connectivity index is 2.65. The first-order chi connectivity index (χ1) is 12.1. The maximum Gasteiger partial charge on any atom is 0.334 e. The van der Waals surface area contributed by atoms with Gasteiger partial charge in [0.15, 0.2) is 6.29 Å². The van der Waals surface area contributed by atoms with Gasteiger partial charge >= 0.3 is 6.47 Å². The Morgan fingerprint density at radius 1 is 1.28 bits per heavy atom. The average Bonchev–Trinajstić information content (AvgIpc) is 2.61. The molecule has 25 heavy (non-hydrogen) atoms. The zero-order valence-corrected chi connectivity index (χ0v) is 13.0. The van der Waals surface area contributed by atoms with Crippen molar-refractivity contribution < 1.29 is 38.9 Å². The van der Waals surface area contributed by atoms with Gasteiger partial charge in [0.25, 0.3) is 0 Å². The van der Waals surface area contributed by atoms with Crippen molar-refractivity contribution >= 4 is 30.6 Å². The highest BCUT2D eigenvalue weighted by Gasteiger charge is 2.15. The van der Waals surface area contributed by atoms with E-state index in [4.69, 9.17) is 10.6 Å². The standard InChI is InChI=1S/C14H17N3O8/c15-14(21)13(5-2-6-18)16-22-8-10-3-1-4-12(11(10)7-19)17-24-25-23-9-20/h1,3-4,6-7,9,13,16-17H,2,5,8H2,(H2,15,21). The van der Waals surface area contributed by atoms with E-state index in [1.807, 2.05) is 0 Å². The Bertz CT molecular complexity index is 595. The summed E-state index contributed by atoms with van der Waals surface area (Å²) in [5.74, 6) is -0.673. The first-order valence-electron chi connectivity index (χ1n) is 7.00. The van der Waals surface area contributed by atoms with Crippen molar-refractivity contribution in [2.45, 2.75) is 25.5 Å². The second-order valence-corrected chi connectivity index (χ2v) is 4.55. The molecule has 11 nitrogen and oxygen atoms in total. The van der Waals surface area contributed by atoms with Crippen LogP contribution in [0.3, 0.4) is 0 Å². The summed E-state index contributed by atoms with van der Waals surface area (Å²) in [6, 6.07) is 3.85. The van der Waals surface area contributed by atoms with Crippen LogP contribution in [-0.2, 0) is 40.7 Å². The molecule has 0 radical (unpaired) electrons. The Morgan fingerprint density at radius 3 is 2.72 bits per heavy atom. The van der Waals surface area contributed by atoms with E-state index in [-0.39, 0.29) is 37.2 Å². The van der Waals surface area contributed by atoms with Gasteiger partial charge in [-0.25, -0.2) is 5.48 Å². The Hall–Kier alpha value is -2.86. The van der Waals surface area contributed by atoms with Crippen LogP contribution < -0.4 is 16.7 Å². The van der Waals surface area contributed by atoms with Gasteiger partial charge in [0.1, 0.15) is 12.3 Å². The van der Waals surface area contributed by atoms with Crippen LogP contribution in [0.15, 0.2) is 18.2 Å². The maximum atomic E-state index is 11.3. The number of carbonyl (C=O) groups is 4. The molecule has 0 saturated heterocycles. The van der Waals surface area contributed by atoms with Crippen LogP contribution in [0.2, 0.25) is 0 Å². The predicted octanol–water partition coefficient (Wildman–Crippen LogP) is -0.284. The molecule has 0 heterocycles. The van der Waals surface area contributed by atoms with Crippen molar-refractivity contribution in [1.82, 2.24) is 5.48 Å². The van der Waals surface area contributed by atoms with E-state index in [1.54, 1.807) is 12.1 Å². The van der Waals surface area contributed by atoms with Gasteiger partial charge in [0.2, 0.25) is 5.91 Å². The third-order valence-corrected chi connectivity index (χ3v) is 2.95. The van der Waals surface area contributed by atoms with E-state index in [0.29, 0.717) is 18.1 Å². The van der Waals surface area contributed by atoms with Crippen LogP contribution in [0.1, 0.15) is 28.8 Å². The van der Waals surface area contributed by atoms with Gasteiger partial charge in [0, 0.05) is 17.0 Å². The normalized spacial score (nSPS) is 11.4. The smallest absolute Gasteiger partial charge is 0.334 e. The van der Waals surface area contributed by atoms with E-state index < -0.39 is 11.9 Å².